The summed E-state index contributed by atoms with van der Waals surface area (Å²) in [4.78, 5) is 5.46. The van der Waals surface area contributed by atoms with Gasteiger partial charge >= 0.3 is 0 Å². The molecule has 3 rings (SSSR count). The topological polar surface area (TPSA) is 41.6 Å². The lowest BCUT2D eigenvalue weighted by molar-refractivity contribution is 0.627. The molecule has 0 bridgehead atoms. The number of nitrogens with zero attached hydrogens (tertiary/aromatic N) is 2. The van der Waals surface area contributed by atoms with Crippen molar-refractivity contribution in [3.05, 3.63) is 59.0 Å². The average Bonchev–Trinajstić information content (AvgIpc) is 3.02. The van der Waals surface area contributed by atoms with Gasteiger partial charge in [0, 0.05) is 6.42 Å². The van der Waals surface area contributed by atoms with Crippen molar-refractivity contribution in [3.8, 4) is 10.7 Å². The van der Waals surface area contributed by atoms with Crippen LogP contribution in [0.5, 0.6) is 0 Å². The van der Waals surface area contributed by atoms with Crippen molar-refractivity contribution >= 4 is 11.3 Å². The minimum Gasteiger partial charge on any atom is -0.262 e. The normalized spacial score (nSPS) is 10.7. The van der Waals surface area contributed by atoms with Gasteiger partial charge in [0.05, 0.1) is 4.88 Å². The Balaban J connectivity index is 1.80. The van der Waals surface area contributed by atoms with Crippen LogP contribution < -0.4 is 0 Å². The Bertz CT molecular complexity index is 629. The molecule has 18 heavy (non-hydrogen) atoms. The Morgan fingerprint density at radius 3 is 2.72 bits per heavy atom. The van der Waals surface area contributed by atoms with Crippen LogP contribution in [0.1, 0.15) is 11.4 Å². The van der Waals surface area contributed by atoms with Crippen LogP contribution in [0.2, 0.25) is 0 Å². The number of aromatic nitrogens is 3. The largest absolute Gasteiger partial charge is 0.262 e. The first-order valence-electron chi connectivity index (χ1n) is 5.51. The van der Waals surface area contributed by atoms with Gasteiger partial charge in [0.1, 0.15) is 11.6 Å². The Morgan fingerprint density at radius 1 is 1.17 bits per heavy atom. The lowest BCUT2D eigenvalue weighted by atomic mass is 10.1. The van der Waals surface area contributed by atoms with E-state index < -0.39 is 0 Å². The van der Waals surface area contributed by atoms with Gasteiger partial charge < -0.3 is 0 Å². The smallest absolute Gasteiger partial charge is 0.191 e. The molecule has 0 unspecified atom stereocenters. The zero-order valence-corrected chi connectivity index (χ0v) is 10.2. The lowest BCUT2D eigenvalue weighted by Crippen LogP contribution is -1.91. The Hall–Kier alpha value is -2.01. The van der Waals surface area contributed by atoms with E-state index in [1.54, 1.807) is 23.5 Å². The number of hydrogen-bond acceptors (Lipinski definition) is 3. The fraction of sp³-hybridized carbons (Fsp3) is 0.0769. The molecule has 0 fully saturated rings. The van der Waals surface area contributed by atoms with Gasteiger partial charge in [0.15, 0.2) is 5.82 Å². The maximum atomic E-state index is 12.8. The fourth-order valence-electron chi connectivity index (χ4n) is 1.69. The second-order valence-electron chi connectivity index (χ2n) is 3.89. The van der Waals surface area contributed by atoms with E-state index in [9.17, 15) is 4.39 Å². The van der Waals surface area contributed by atoms with Gasteiger partial charge in [-0.15, -0.1) is 11.3 Å². The highest BCUT2D eigenvalue weighted by Gasteiger charge is 2.07. The van der Waals surface area contributed by atoms with E-state index in [-0.39, 0.29) is 5.82 Å². The summed E-state index contributed by atoms with van der Waals surface area (Å²) in [6.45, 7) is 0. The first-order chi connectivity index (χ1) is 8.81. The van der Waals surface area contributed by atoms with E-state index in [4.69, 9.17) is 0 Å². The van der Waals surface area contributed by atoms with E-state index in [1.165, 1.54) is 12.1 Å². The van der Waals surface area contributed by atoms with Crippen molar-refractivity contribution < 1.29 is 4.39 Å². The van der Waals surface area contributed by atoms with E-state index in [0.717, 1.165) is 16.3 Å². The Labute approximate surface area is 107 Å². The third-order valence-corrected chi connectivity index (χ3v) is 3.42. The van der Waals surface area contributed by atoms with Crippen molar-refractivity contribution in [3.63, 3.8) is 0 Å². The highest BCUT2D eigenvalue weighted by molar-refractivity contribution is 7.13. The Morgan fingerprint density at radius 2 is 2.00 bits per heavy atom. The molecular formula is C13H10FN3S. The highest BCUT2D eigenvalue weighted by atomic mass is 32.1. The lowest BCUT2D eigenvalue weighted by Gasteiger charge is -1.96. The number of H-pyrrole nitrogens is 1. The van der Waals surface area contributed by atoms with Crippen LogP contribution in [-0.4, -0.2) is 15.2 Å². The van der Waals surface area contributed by atoms with Crippen LogP contribution in [0.4, 0.5) is 4.39 Å². The maximum Gasteiger partial charge on any atom is 0.191 e. The van der Waals surface area contributed by atoms with Gasteiger partial charge in [-0.3, -0.25) is 5.10 Å². The van der Waals surface area contributed by atoms with Gasteiger partial charge in [0.2, 0.25) is 0 Å². The van der Waals surface area contributed by atoms with E-state index in [2.05, 4.69) is 15.2 Å². The molecule has 0 amide bonds. The highest BCUT2D eigenvalue weighted by Crippen LogP contribution is 2.20. The number of rotatable bonds is 3. The molecule has 2 aromatic heterocycles. The number of hydrogen-bond donors (Lipinski definition) is 1. The number of aromatic amines is 1. The van der Waals surface area contributed by atoms with Crippen molar-refractivity contribution in [2.45, 2.75) is 6.42 Å². The van der Waals surface area contributed by atoms with Crippen molar-refractivity contribution in [2.75, 3.05) is 0 Å². The molecule has 3 aromatic rings. The molecule has 0 atom stereocenters. The number of thiophene rings is 1. The molecule has 0 radical (unpaired) electrons. The molecule has 0 aliphatic carbocycles. The van der Waals surface area contributed by atoms with E-state index >= 15 is 0 Å². The van der Waals surface area contributed by atoms with E-state index in [0.29, 0.717) is 12.2 Å². The summed E-state index contributed by atoms with van der Waals surface area (Å²) in [7, 11) is 0. The summed E-state index contributed by atoms with van der Waals surface area (Å²) < 4.78 is 12.8. The van der Waals surface area contributed by atoms with Crippen LogP contribution >= 0.6 is 11.3 Å². The van der Waals surface area contributed by atoms with Crippen LogP contribution in [0.15, 0.2) is 41.8 Å². The molecule has 0 spiro atoms. The first-order valence-corrected chi connectivity index (χ1v) is 6.39. The molecular weight excluding hydrogens is 249 g/mol. The summed E-state index contributed by atoms with van der Waals surface area (Å²) >= 11 is 1.60. The maximum absolute atomic E-state index is 12.8. The quantitative estimate of drug-likeness (QED) is 0.784. The number of halogens is 1. The van der Waals surface area contributed by atoms with Gasteiger partial charge in [-0.1, -0.05) is 18.2 Å². The summed E-state index contributed by atoms with van der Waals surface area (Å²) in [5.74, 6) is 1.27. The SMILES string of the molecule is Fc1ccc(Cc2nc(-c3cccs3)n[nH]2)cc1. The molecule has 0 aliphatic rings. The fourth-order valence-corrected chi connectivity index (χ4v) is 2.34. The molecule has 3 nitrogen and oxygen atoms in total. The minimum absolute atomic E-state index is 0.226. The number of nitrogens with one attached hydrogen (secondary N) is 1. The monoisotopic (exact) mass is 259 g/mol. The van der Waals surface area contributed by atoms with Gasteiger partial charge in [-0.2, -0.15) is 5.10 Å². The molecule has 2 heterocycles. The average molecular weight is 259 g/mol. The second-order valence-corrected chi connectivity index (χ2v) is 4.83. The molecule has 1 N–H and O–H groups in total. The van der Waals surface area contributed by atoms with Crippen LogP contribution in [0.3, 0.4) is 0 Å². The third kappa shape index (κ3) is 2.31. The third-order valence-electron chi connectivity index (χ3n) is 2.56. The predicted octanol–water partition coefficient (Wildman–Crippen LogP) is 3.26. The van der Waals surface area contributed by atoms with Gasteiger partial charge in [0.25, 0.3) is 0 Å². The summed E-state index contributed by atoms with van der Waals surface area (Å²) in [6.07, 6.45) is 0.624. The van der Waals surface area contributed by atoms with Crippen molar-refractivity contribution in [1.82, 2.24) is 15.2 Å². The zero-order valence-electron chi connectivity index (χ0n) is 9.43. The van der Waals surface area contributed by atoms with Crippen LogP contribution in [0.25, 0.3) is 10.7 Å². The van der Waals surface area contributed by atoms with E-state index in [1.807, 2.05) is 17.5 Å². The summed E-state index contributed by atoms with van der Waals surface area (Å²) in [5.41, 5.74) is 1.00. The minimum atomic E-state index is -0.226. The van der Waals surface area contributed by atoms with Crippen LogP contribution in [0, 0.1) is 5.82 Å². The molecule has 90 valence electrons. The molecule has 0 saturated heterocycles. The molecule has 1 aromatic carbocycles. The molecule has 0 aliphatic heterocycles. The predicted molar refractivity (Wildman–Crippen MR) is 68.9 cm³/mol. The summed E-state index contributed by atoms with van der Waals surface area (Å²) in [5, 5.41) is 9.07. The Kier molecular flexibility index (Phi) is 2.90. The number of benzene rings is 1. The summed E-state index contributed by atoms with van der Waals surface area (Å²) in [6, 6.07) is 10.4. The first kappa shape index (κ1) is 11.1. The van der Waals surface area contributed by atoms with Gasteiger partial charge in [-0.25, -0.2) is 9.37 Å². The molecule has 5 heteroatoms. The van der Waals surface area contributed by atoms with Crippen molar-refractivity contribution in [1.29, 1.82) is 0 Å². The van der Waals surface area contributed by atoms with Crippen LogP contribution in [-0.2, 0) is 6.42 Å². The van der Waals surface area contributed by atoms with Crippen molar-refractivity contribution in [2.24, 2.45) is 0 Å². The van der Waals surface area contributed by atoms with Gasteiger partial charge in [-0.05, 0) is 29.1 Å². The molecule has 0 saturated carbocycles. The zero-order chi connectivity index (χ0) is 12.4. The standard InChI is InChI=1S/C13H10FN3S/c14-10-5-3-9(4-6-10)8-12-15-13(17-16-12)11-2-1-7-18-11/h1-7H,8H2,(H,15,16,17). The second kappa shape index (κ2) is 4.70.